The predicted octanol–water partition coefficient (Wildman–Crippen LogP) is 4.32. The van der Waals surface area contributed by atoms with Crippen LogP contribution in [0.25, 0.3) is 0 Å². The molecule has 0 N–H and O–H groups in total. The molecule has 0 bridgehead atoms. The van der Waals surface area contributed by atoms with E-state index in [0.717, 1.165) is 42.5 Å². The molecule has 4 nitrogen and oxygen atoms in total. The summed E-state index contributed by atoms with van der Waals surface area (Å²) in [6.07, 6.45) is 3.85. The Labute approximate surface area is 150 Å². The van der Waals surface area contributed by atoms with Gasteiger partial charge in [0.25, 0.3) is 10.0 Å². The smallest absolute Gasteiger partial charge is 0.268 e. The molecule has 5 heteroatoms. The second-order valence-electron chi connectivity index (χ2n) is 6.46. The zero-order valence-corrected chi connectivity index (χ0v) is 15.7. The number of unbranched alkanes of at least 4 members (excludes halogenated alkanes) is 2. The molecule has 134 valence electrons. The standard InChI is InChI=1S/C20H25NO3S/c1-3-4-7-14-24-19-15-16(2)10-11-20(19)25(22,23)21-13-12-17-8-5-6-9-18(17)21/h5-6,8-11,15H,3-4,7,12-14H2,1-2H3. The van der Waals surface area contributed by atoms with Crippen molar-refractivity contribution in [3.05, 3.63) is 53.6 Å². The SMILES string of the molecule is CCCCCOc1cc(C)ccc1S(=O)(=O)N1CCc2ccccc21. The van der Waals surface area contributed by atoms with E-state index in [2.05, 4.69) is 6.92 Å². The summed E-state index contributed by atoms with van der Waals surface area (Å²) in [5.74, 6) is 0.459. The zero-order valence-electron chi connectivity index (χ0n) is 14.9. The third-order valence-corrected chi connectivity index (χ3v) is 6.37. The molecule has 0 saturated heterocycles. The third-order valence-electron chi connectivity index (χ3n) is 4.52. The Morgan fingerprint density at radius 3 is 2.72 bits per heavy atom. The van der Waals surface area contributed by atoms with Gasteiger partial charge in [0.2, 0.25) is 0 Å². The molecule has 2 aromatic carbocycles. The van der Waals surface area contributed by atoms with Crippen molar-refractivity contribution in [2.75, 3.05) is 17.5 Å². The molecule has 1 aliphatic rings. The third kappa shape index (κ3) is 3.66. The molecule has 1 aliphatic heterocycles. The first-order chi connectivity index (χ1) is 12.0. The summed E-state index contributed by atoms with van der Waals surface area (Å²) in [6, 6.07) is 13.0. The maximum absolute atomic E-state index is 13.3. The molecule has 0 radical (unpaired) electrons. The fourth-order valence-corrected chi connectivity index (χ4v) is 4.77. The average molecular weight is 359 g/mol. The van der Waals surface area contributed by atoms with E-state index in [4.69, 9.17) is 4.74 Å². The van der Waals surface area contributed by atoms with E-state index in [0.29, 0.717) is 18.9 Å². The van der Waals surface area contributed by atoms with Crippen molar-refractivity contribution in [1.29, 1.82) is 0 Å². The second-order valence-corrected chi connectivity index (χ2v) is 8.29. The number of anilines is 1. The fraction of sp³-hybridized carbons (Fsp3) is 0.400. The van der Waals surface area contributed by atoms with Gasteiger partial charge in [0, 0.05) is 6.54 Å². The van der Waals surface area contributed by atoms with Gasteiger partial charge in [-0.05, 0) is 49.1 Å². The lowest BCUT2D eigenvalue weighted by atomic mass is 10.2. The number of benzene rings is 2. The molecule has 1 heterocycles. The highest BCUT2D eigenvalue weighted by Crippen LogP contribution is 2.36. The highest BCUT2D eigenvalue weighted by Gasteiger charge is 2.32. The van der Waals surface area contributed by atoms with Crippen LogP contribution in [0.2, 0.25) is 0 Å². The molecular formula is C20H25NO3S. The van der Waals surface area contributed by atoms with Crippen LogP contribution in [0.15, 0.2) is 47.4 Å². The topological polar surface area (TPSA) is 46.6 Å². The van der Waals surface area contributed by atoms with Gasteiger partial charge in [-0.3, -0.25) is 4.31 Å². The highest BCUT2D eigenvalue weighted by molar-refractivity contribution is 7.93. The predicted molar refractivity (Wildman–Crippen MR) is 101 cm³/mol. The van der Waals surface area contributed by atoms with Crippen LogP contribution in [0.5, 0.6) is 5.75 Å². The van der Waals surface area contributed by atoms with Crippen LogP contribution >= 0.6 is 0 Å². The molecule has 2 aromatic rings. The number of hydrogen-bond donors (Lipinski definition) is 0. The van der Waals surface area contributed by atoms with Crippen LogP contribution < -0.4 is 9.04 Å². The lowest BCUT2D eigenvalue weighted by Gasteiger charge is -2.21. The second kappa shape index (κ2) is 7.48. The van der Waals surface area contributed by atoms with Crippen molar-refractivity contribution in [2.24, 2.45) is 0 Å². The van der Waals surface area contributed by atoms with Crippen molar-refractivity contribution >= 4 is 15.7 Å². The number of hydrogen-bond acceptors (Lipinski definition) is 3. The summed E-state index contributed by atoms with van der Waals surface area (Å²) in [5.41, 5.74) is 2.84. The average Bonchev–Trinajstić information content (AvgIpc) is 3.03. The van der Waals surface area contributed by atoms with Crippen molar-refractivity contribution in [3.8, 4) is 5.75 Å². The summed E-state index contributed by atoms with van der Waals surface area (Å²) in [6.45, 7) is 5.09. The van der Waals surface area contributed by atoms with E-state index in [9.17, 15) is 8.42 Å². The Balaban J connectivity index is 1.92. The van der Waals surface area contributed by atoms with Gasteiger partial charge in [-0.25, -0.2) is 8.42 Å². The number of aryl methyl sites for hydroxylation is 1. The summed E-state index contributed by atoms with van der Waals surface area (Å²) in [5, 5.41) is 0. The van der Waals surface area contributed by atoms with Gasteiger partial charge in [0.15, 0.2) is 0 Å². The number of fused-ring (bicyclic) bond motifs is 1. The fourth-order valence-electron chi connectivity index (χ4n) is 3.15. The first-order valence-corrected chi connectivity index (χ1v) is 10.3. The maximum Gasteiger partial charge on any atom is 0.268 e. The minimum Gasteiger partial charge on any atom is -0.492 e. The van der Waals surface area contributed by atoms with Crippen LogP contribution in [-0.4, -0.2) is 21.6 Å². The lowest BCUT2D eigenvalue weighted by molar-refractivity contribution is 0.298. The number of rotatable bonds is 7. The Kier molecular flexibility index (Phi) is 5.33. The minimum atomic E-state index is -3.63. The van der Waals surface area contributed by atoms with Crippen molar-refractivity contribution in [1.82, 2.24) is 0 Å². The summed E-state index contributed by atoms with van der Waals surface area (Å²) < 4.78 is 33.9. The van der Waals surface area contributed by atoms with Gasteiger partial charge in [-0.2, -0.15) is 0 Å². The van der Waals surface area contributed by atoms with Crippen LogP contribution in [0, 0.1) is 6.92 Å². The molecule has 25 heavy (non-hydrogen) atoms. The van der Waals surface area contributed by atoms with E-state index in [1.807, 2.05) is 43.3 Å². The van der Waals surface area contributed by atoms with Gasteiger partial charge < -0.3 is 4.74 Å². The molecule has 0 spiro atoms. The van der Waals surface area contributed by atoms with E-state index >= 15 is 0 Å². The number of ether oxygens (including phenoxy) is 1. The summed E-state index contributed by atoms with van der Waals surface area (Å²) in [4.78, 5) is 0.256. The summed E-state index contributed by atoms with van der Waals surface area (Å²) in [7, 11) is -3.63. The van der Waals surface area contributed by atoms with Crippen LogP contribution in [0.3, 0.4) is 0 Å². The van der Waals surface area contributed by atoms with E-state index < -0.39 is 10.0 Å². The Hall–Kier alpha value is -2.01. The Morgan fingerprint density at radius 2 is 1.92 bits per heavy atom. The number of sulfonamides is 1. The molecule has 0 atom stereocenters. The maximum atomic E-state index is 13.3. The van der Waals surface area contributed by atoms with Crippen molar-refractivity contribution in [2.45, 2.75) is 44.4 Å². The zero-order chi connectivity index (χ0) is 17.9. The van der Waals surface area contributed by atoms with Gasteiger partial charge in [-0.1, -0.05) is 44.0 Å². The van der Waals surface area contributed by atoms with Crippen molar-refractivity contribution in [3.63, 3.8) is 0 Å². The molecular weight excluding hydrogens is 334 g/mol. The Morgan fingerprint density at radius 1 is 1.12 bits per heavy atom. The van der Waals surface area contributed by atoms with Crippen LogP contribution in [0.4, 0.5) is 5.69 Å². The molecule has 0 aliphatic carbocycles. The Bertz CT molecular complexity index is 846. The molecule has 0 fully saturated rings. The first kappa shape index (κ1) is 17.8. The monoisotopic (exact) mass is 359 g/mol. The molecule has 0 saturated carbocycles. The van der Waals surface area contributed by atoms with E-state index in [1.165, 1.54) is 4.31 Å². The minimum absolute atomic E-state index is 0.256. The van der Waals surface area contributed by atoms with Gasteiger partial charge in [-0.15, -0.1) is 0 Å². The first-order valence-electron chi connectivity index (χ1n) is 8.88. The number of para-hydroxylation sites is 1. The lowest BCUT2D eigenvalue weighted by Crippen LogP contribution is -2.29. The number of nitrogens with zero attached hydrogens (tertiary/aromatic N) is 1. The largest absolute Gasteiger partial charge is 0.492 e. The van der Waals surface area contributed by atoms with Crippen LogP contribution in [-0.2, 0) is 16.4 Å². The van der Waals surface area contributed by atoms with E-state index in [1.54, 1.807) is 6.07 Å². The highest BCUT2D eigenvalue weighted by atomic mass is 32.2. The van der Waals surface area contributed by atoms with E-state index in [-0.39, 0.29) is 4.90 Å². The molecule has 0 amide bonds. The van der Waals surface area contributed by atoms with Gasteiger partial charge in [0.1, 0.15) is 10.6 Å². The quantitative estimate of drug-likeness (QED) is 0.692. The van der Waals surface area contributed by atoms with Gasteiger partial charge >= 0.3 is 0 Å². The summed E-state index contributed by atoms with van der Waals surface area (Å²) >= 11 is 0. The normalized spacial score (nSPS) is 13.8. The molecule has 3 rings (SSSR count). The van der Waals surface area contributed by atoms with Crippen LogP contribution in [0.1, 0.15) is 37.3 Å². The molecule has 0 aromatic heterocycles. The molecule has 0 unspecified atom stereocenters. The van der Waals surface area contributed by atoms with Crippen molar-refractivity contribution < 1.29 is 13.2 Å². The van der Waals surface area contributed by atoms with Gasteiger partial charge in [0.05, 0.1) is 12.3 Å².